The number of halogens is 1. The van der Waals surface area contributed by atoms with Crippen molar-refractivity contribution in [1.29, 1.82) is 0 Å². The van der Waals surface area contributed by atoms with Crippen molar-refractivity contribution in [3.05, 3.63) is 63.7 Å². The smallest absolute Gasteiger partial charge is 0.258 e. The average molecular weight is 233 g/mol. The molecule has 1 radical (unpaired) electrons. The molecule has 16 heavy (non-hydrogen) atoms. The van der Waals surface area contributed by atoms with Crippen LogP contribution in [-0.4, -0.2) is 4.92 Å². The van der Waals surface area contributed by atoms with Crippen LogP contribution in [0.15, 0.2) is 42.5 Å². The molecule has 2 rings (SSSR count). The number of rotatable bonds is 2. The summed E-state index contributed by atoms with van der Waals surface area (Å²) in [6, 6.07) is 14.5. The fraction of sp³-hybridized carbons (Fsp3) is 0. The van der Waals surface area contributed by atoms with E-state index in [1.165, 1.54) is 6.07 Å². The molecule has 0 saturated carbocycles. The normalized spacial score (nSPS) is 10.1. The zero-order chi connectivity index (χ0) is 11.5. The second-order valence-electron chi connectivity index (χ2n) is 3.17. The van der Waals surface area contributed by atoms with Crippen LogP contribution in [0.25, 0.3) is 11.1 Å². The van der Waals surface area contributed by atoms with Crippen molar-refractivity contribution in [3.8, 4) is 11.1 Å². The van der Waals surface area contributed by atoms with Crippen molar-refractivity contribution < 1.29 is 4.92 Å². The van der Waals surface area contributed by atoms with Crippen LogP contribution in [0.5, 0.6) is 0 Å². The number of hydrogen-bond donors (Lipinski definition) is 0. The van der Waals surface area contributed by atoms with Crippen molar-refractivity contribution in [1.82, 2.24) is 0 Å². The Labute approximate surface area is 97.4 Å². The summed E-state index contributed by atoms with van der Waals surface area (Å²) in [4.78, 5) is 10.4. The number of nitro groups is 1. The molecule has 79 valence electrons. The van der Waals surface area contributed by atoms with Crippen LogP contribution in [0.2, 0.25) is 5.02 Å². The van der Waals surface area contributed by atoms with E-state index in [9.17, 15) is 10.1 Å². The van der Waals surface area contributed by atoms with Crippen molar-refractivity contribution in [2.75, 3.05) is 0 Å². The first-order valence-electron chi connectivity index (χ1n) is 4.60. The van der Waals surface area contributed by atoms with Gasteiger partial charge in [-0.2, -0.15) is 0 Å². The fourth-order valence-corrected chi connectivity index (χ4v) is 1.69. The third kappa shape index (κ3) is 1.90. The zero-order valence-electron chi connectivity index (χ0n) is 8.18. The van der Waals surface area contributed by atoms with Gasteiger partial charge in [-0.1, -0.05) is 41.9 Å². The van der Waals surface area contributed by atoms with Crippen molar-refractivity contribution in [3.63, 3.8) is 0 Å². The largest absolute Gasteiger partial charge is 0.277 e. The molecule has 0 aliphatic carbocycles. The van der Waals surface area contributed by atoms with Gasteiger partial charge in [0.1, 0.15) is 0 Å². The van der Waals surface area contributed by atoms with Gasteiger partial charge in [0.2, 0.25) is 0 Å². The van der Waals surface area contributed by atoms with Crippen LogP contribution in [0.3, 0.4) is 0 Å². The summed E-state index contributed by atoms with van der Waals surface area (Å²) < 4.78 is 0. The highest BCUT2D eigenvalue weighted by Gasteiger charge is 2.15. The van der Waals surface area contributed by atoms with Crippen LogP contribution in [0.4, 0.5) is 5.69 Å². The van der Waals surface area contributed by atoms with E-state index in [4.69, 9.17) is 11.6 Å². The van der Waals surface area contributed by atoms with Gasteiger partial charge in [-0.25, -0.2) is 0 Å². The molecule has 0 bridgehead atoms. The monoisotopic (exact) mass is 232 g/mol. The lowest BCUT2D eigenvalue weighted by atomic mass is 10.0. The van der Waals surface area contributed by atoms with Crippen molar-refractivity contribution >= 4 is 17.3 Å². The topological polar surface area (TPSA) is 43.1 Å². The first-order chi connectivity index (χ1) is 7.70. The zero-order valence-corrected chi connectivity index (χ0v) is 8.94. The Hall–Kier alpha value is -1.87. The highest BCUT2D eigenvalue weighted by Crippen LogP contribution is 2.33. The van der Waals surface area contributed by atoms with E-state index in [0.717, 1.165) is 0 Å². The maximum atomic E-state index is 10.8. The van der Waals surface area contributed by atoms with Gasteiger partial charge in [0.25, 0.3) is 5.69 Å². The molecule has 3 nitrogen and oxygen atoms in total. The predicted molar refractivity (Wildman–Crippen MR) is 62.4 cm³/mol. The molecule has 4 heteroatoms. The van der Waals surface area contributed by atoms with Gasteiger partial charge in [-0.15, -0.1) is 0 Å². The van der Waals surface area contributed by atoms with Gasteiger partial charge < -0.3 is 0 Å². The predicted octanol–water partition coefficient (Wildman–Crippen LogP) is 3.72. The minimum Gasteiger partial charge on any atom is -0.258 e. The minimum atomic E-state index is -0.435. The molecule has 0 saturated heterocycles. The van der Waals surface area contributed by atoms with Crippen molar-refractivity contribution in [2.45, 2.75) is 0 Å². The van der Waals surface area contributed by atoms with Crippen LogP contribution >= 0.6 is 11.6 Å². The first-order valence-corrected chi connectivity index (χ1v) is 4.98. The Balaban J connectivity index is 2.65. The molecule has 0 N–H and O–H groups in total. The summed E-state index contributed by atoms with van der Waals surface area (Å²) in [5.74, 6) is 0. The molecule has 0 spiro atoms. The maximum Gasteiger partial charge on any atom is 0.277 e. The quantitative estimate of drug-likeness (QED) is 0.585. The summed E-state index contributed by atoms with van der Waals surface area (Å²) in [6.07, 6.45) is 0. The van der Waals surface area contributed by atoms with Gasteiger partial charge >= 0.3 is 0 Å². The Morgan fingerprint density at radius 1 is 1.19 bits per heavy atom. The molecule has 0 atom stereocenters. The first kappa shape index (κ1) is 10.6. The van der Waals surface area contributed by atoms with E-state index in [0.29, 0.717) is 16.1 Å². The van der Waals surface area contributed by atoms with E-state index in [-0.39, 0.29) is 5.69 Å². The fourth-order valence-electron chi connectivity index (χ4n) is 1.46. The molecule has 0 fully saturated rings. The van der Waals surface area contributed by atoms with Crippen LogP contribution in [0, 0.1) is 16.2 Å². The van der Waals surface area contributed by atoms with E-state index in [2.05, 4.69) is 6.07 Å². The van der Waals surface area contributed by atoms with Gasteiger partial charge in [0, 0.05) is 16.7 Å². The Morgan fingerprint density at radius 3 is 2.62 bits per heavy atom. The summed E-state index contributed by atoms with van der Waals surface area (Å²) in [5, 5.41) is 11.3. The van der Waals surface area contributed by atoms with E-state index < -0.39 is 4.92 Å². The lowest BCUT2D eigenvalue weighted by molar-refractivity contribution is -0.384. The molecule has 2 aromatic rings. The number of benzene rings is 2. The Bertz CT molecular complexity index is 540. The lowest BCUT2D eigenvalue weighted by Gasteiger charge is -2.04. The van der Waals surface area contributed by atoms with Crippen molar-refractivity contribution in [2.24, 2.45) is 0 Å². The summed E-state index contributed by atoms with van der Waals surface area (Å²) >= 11 is 5.99. The van der Waals surface area contributed by atoms with Gasteiger partial charge in [-0.3, -0.25) is 10.1 Å². The minimum absolute atomic E-state index is 0.00981. The van der Waals surface area contributed by atoms with Gasteiger partial charge in [-0.05, 0) is 12.1 Å². The average Bonchev–Trinajstić information content (AvgIpc) is 2.29. The van der Waals surface area contributed by atoms with Gasteiger partial charge in [0.15, 0.2) is 0 Å². The van der Waals surface area contributed by atoms with Crippen LogP contribution in [0.1, 0.15) is 0 Å². The summed E-state index contributed by atoms with van der Waals surface area (Å²) in [7, 11) is 0. The van der Waals surface area contributed by atoms with E-state index in [1.54, 1.807) is 36.4 Å². The third-order valence-corrected chi connectivity index (χ3v) is 2.50. The number of nitrogens with zero attached hydrogens (tertiary/aromatic N) is 1. The number of hydrogen-bond acceptors (Lipinski definition) is 2. The van der Waals surface area contributed by atoms with Crippen LogP contribution < -0.4 is 0 Å². The molecule has 0 unspecified atom stereocenters. The van der Waals surface area contributed by atoms with E-state index in [1.807, 2.05) is 0 Å². The molecule has 2 aromatic carbocycles. The highest BCUT2D eigenvalue weighted by molar-refractivity contribution is 6.33. The SMILES string of the molecule is O=[N+]([O-])c1ccc[c]c1-c1ccccc1Cl. The van der Waals surface area contributed by atoms with E-state index >= 15 is 0 Å². The molecular formula is C12H7ClNO2. The highest BCUT2D eigenvalue weighted by atomic mass is 35.5. The molecule has 0 aliphatic heterocycles. The Kier molecular flexibility index (Phi) is 2.88. The number of nitro benzene ring substituents is 1. The standard InChI is InChI=1S/C12H7ClNO2/c13-11-7-3-1-5-9(11)10-6-2-4-8-12(10)14(15)16/h1-5,7-8H. The molecule has 0 heterocycles. The molecule has 0 aromatic heterocycles. The molecule has 0 amide bonds. The molecular weight excluding hydrogens is 226 g/mol. The summed E-state index contributed by atoms with van der Waals surface area (Å²) in [5.41, 5.74) is 1.05. The van der Waals surface area contributed by atoms with Crippen LogP contribution in [-0.2, 0) is 0 Å². The molecule has 0 aliphatic rings. The third-order valence-electron chi connectivity index (χ3n) is 2.17. The second kappa shape index (κ2) is 4.33. The second-order valence-corrected chi connectivity index (χ2v) is 3.57. The Morgan fingerprint density at radius 2 is 1.94 bits per heavy atom. The summed E-state index contributed by atoms with van der Waals surface area (Å²) in [6.45, 7) is 0. The lowest BCUT2D eigenvalue weighted by Crippen LogP contribution is -1.91. The maximum absolute atomic E-state index is 10.8. The van der Waals surface area contributed by atoms with Gasteiger partial charge in [0.05, 0.1) is 10.5 Å².